The summed E-state index contributed by atoms with van der Waals surface area (Å²) in [6, 6.07) is 0. The first kappa shape index (κ1) is 15.6. The maximum Gasteiger partial charge on any atom is 0.236 e. The Labute approximate surface area is 135 Å². The van der Waals surface area contributed by atoms with Crippen molar-refractivity contribution in [2.75, 3.05) is 33.7 Å². The van der Waals surface area contributed by atoms with Gasteiger partial charge >= 0.3 is 0 Å². The smallest absolute Gasteiger partial charge is 0.236 e. The van der Waals surface area contributed by atoms with Crippen molar-refractivity contribution < 1.29 is 4.79 Å². The van der Waals surface area contributed by atoms with Crippen molar-refractivity contribution >= 4 is 5.91 Å². The molecule has 1 aliphatic rings. The molecule has 1 saturated heterocycles. The van der Waals surface area contributed by atoms with E-state index in [4.69, 9.17) is 0 Å². The van der Waals surface area contributed by atoms with Crippen LogP contribution >= 0.6 is 0 Å². The first-order valence-corrected chi connectivity index (χ1v) is 7.87. The molecule has 122 valence electrons. The summed E-state index contributed by atoms with van der Waals surface area (Å²) in [6.07, 6.45) is 8.94. The van der Waals surface area contributed by atoms with E-state index in [1.54, 1.807) is 18.6 Å². The Balaban J connectivity index is 1.58. The molecule has 23 heavy (non-hydrogen) atoms. The van der Waals surface area contributed by atoms with E-state index in [2.05, 4.69) is 19.9 Å². The van der Waals surface area contributed by atoms with Crippen LogP contribution in [0.15, 0.2) is 24.8 Å². The Morgan fingerprint density at radius 1 is 1.26 bits per heavy atom. The number of H-pyrrole nitrogens is 1. The molecular weight excluding hydrogens is 292 g/mol. The van der Waals surface area contributed by atoms with Crippen LogP contribution in [0.25, 0.3) is 11.5 Å². The largest absolute Gasteiger partial charge is 0.343 e. The minimum atomic E-state index is 0.202. The first-order valence-electron chi connectivity index (χ1n) is 7.87. The predicted octanol–water partition coefficient (Wildman–Crippen LogP) is 1.13. The lowest BCUT2D eigenvalue weighted by molar-refractivity contribution is -0.132. The van der Waals surface area contributed by atoms with E-state index in [1.165, 1.54) is 0 Å². The SMILES string of the molecule is CN(C)CC(=O)N1CCC(c2cnc(-c3ncc[nH]3)cn2)CC1. The number of carbonyl (C=O) groups is 1. The minimum Gasteiger partial charge on any atom is -0.343 e. The minimum absolute atomic E-state index is 0.202. The summed E-state index contributed by atoms with van der Waals surface area (Å²) in [5.74, 6) is 1.30. The number of hydrogen-bond donors (Lipinski definition) is 1. The summed E-state index contributed by atoms with van der Waals surface area (Å²) in [5, 5.41) is 0. The first-order chi connectivity index (χ1) is 11.1. The average molecular weight is 314 g/mol. The number of nitrogens with one attached hydrogen (secondary N) is 1. The van der Waals surface area contributed by atoms with Crippen molar-refractivity contribution in [3.63, 3.8) is 0 Å². The number of imidazole rings is 1. The molecule has 2 aromatic rings. The van der Waals surface area contributed by atoms with Crippen LogP contribution in [-0.2, 0) is 4.79 Å². The molecule has 1 fully saturated rings. The number of amides is 1. The molecule has 0 unspecified atom stereocenters. The maximum absolute atomic E-state index is 12.1. The zero-order chi connectivity index (χ0) is 16.2. The van der Waals surface area contributed by atoms with Gasteiger partial charge in [-0.25, -0.2) is 9.97 Å². The highest BCUT2D eigenvalue weighted by Crippen LogP contribution is 2.26. The molecule has 1 N–H and O–H groups in total. The molecule has 0 aromatic carbocycles. The third-order valence-corrected chi connectivity index (χ3v) is 4.13. The molecule has 0 spiro atoms. The highest BCUT2D eigenvalue weighted by molar-refractivity contribution is 5.78. The van der Waals surface area contributed by atoms with Crippen molar-refractivity contribution in [2.24, 2.45) is 0 Å². The van der Waals surface area contributed by atoms with Crippen LogP contribution in [-0.4, -0.2) is 69.4 Å². The Morgan fingerprint density at radius 2 is 2.04 bits per heavy atom. The Hall–Kier alpha value is -2.28. The third kappa shape index (κ3) is 3.73. The van der Waals surface area contributed by atoms with Crippen LogP contribution in [0.5, 0.6) is 0 Å². The summed E-state index contributed by atoms with van der Waals surface area (Å²) >= 11 is 0. The molecule has 0 radical (unpaired) electrons. The molecular formula is C16H22N6O. The second-order valence-electron chi connectivity index (χ2n) is 6.16. The van der Waals surface area contributed by atoms with Gasteiger partial charge in [-0.2, -0.15) is 0 Å². The van der Waals surface area contributed by atoms with Gasteiger partial charge in [-0.1, -0.05) is 0 Å². The summed E-state index contributed by atoms with van der Waals surface area (Å²) in [7, 11) is 3.83. The van der Waals surface area contributed by atoms with Crippen molar-refractivity contribution in [1.29, 1.82) is 0 Å². The van der Waals surface area contributed by atoms with Gasteiger partial charge in [0.1, 0.15) is 5.69 Å². The Bertz CT molecular complexity index is 629. The number of aromatic amines is 1. The van der Waals surface area contributed by atoms with Gasteiger partial charge < -0.3 is 14.8 Å². The van der Waals surface area contributed by atoms with Crippen molar-refractivity contribution in [2.45, 2.75) is 18.8 Å². The summed E-state index contributed by atoms with van der Waals surface area (Å²) in [6.45, 7) is 2.06. The summed E-state index contributed by atoms with van der Waals surface area (Å²) in [5.41, 5.74) is 1.75. The number of likely N-dealkylation sites (tertiary alicyclic amines) is 1. The van der Waals surface area contributed by atoms with Gasteiger partial charge in [-0.3, -0.25) is 9.78 Å². The molecule has 0 bridgehead atoms. The number of rotatable bonds is 4. The standard InChI is InChI=1S/C16H22N6O/c1-21(2)11-15(23)22-7-3-12(4-8-22)13-9-20-14(10-19-13)16-17-5-6-18-16/h5-6,9-10,12H,3-4,7-8,11H2,1-2H3,(H,17,18). The monoisotopic (exact) mass is 314 g/mol. The zero-order valence-electron chi connectivity index (χ0n) is 13.6. The summed E-state index contributed by atoms with van der Waals surface area (Å²) < 4.78 is 0. The van der Waals surface area contributed by atoms with Crippen molar-refractivity contribution in [3.8, 4) is 11.5 Å². The van der Waals surface area contributed by atoms with Crippen LogP contribution in [0.1, 0.15) is 24.5 Å². The topological polar surface area (TPSA) is 78.0 Å². The molecule has 1 amide bonds. The molecule has 1 aliphatic heterocycles. The number of piperidine rings is 1. The van der Waals surface area contributed by atoms with E-state index in [-0.39, 0.29) is 5.91 Å². The number of aromatic nitrogens is 4. The molecule has 2 aromatic heterocycles. The molecule has 3 heterocycles. The van der Waals surface area contributed by atoms with Gasteiger partial charge in [0, 0.05) is 37.6 Å². The Morgan fingerprint density at radius 3 is 2.61 bits per heavy atom. The van der Waals surface area contributed by atoms with E-state index in [9.17, 15) is 4.79 Å². The predicted molar refractivity (Wildman–Crippen MR) is 86.7 cm³/mol. The fraction of sp³-hybridized carbons (Fsp3) is 0.500. The van der Waals surface area contributed by atoms with Gasteiger partial charge in [0.15, 0.2) is 5.82 Å². The van der Waals surface area contributed by atoms with E-state index < -0.39 is 0 Å². The molecule has 7 nitrogen and oxygen atoms in total. The van der Waals surface area contributed by atoms with E-state index in [0.29, 0.717) is 12.5 Å². The van der Waals surface area contributed by atoms with Crippen molar-refractivity contribution in [1.82, 2.24) is 29.7 Å². The number of nitrogens with zero attached hydrogens (tertiary/aromatic N) is 5. The van der Waals surface area contributed by atoms with E-state index >= 15 is 0 Å². The second kappa shape index (κ2) is 6.87. The zero-order valence-corrected chi connectivity index (χ0v) is 13.6. The number of carbonyl (C=O) groups excluding carboxylic acids is 1. The highest BCUT2D eigenvalue weighted by atomic mass is 16.2. The van der Waals surface area contributed by atoms with Gasteiger partial charge in [-0.15, -0.1) is 0 Å². The molecule has 7 heteroatoms. The molecule has 0 saturated carbocycles. The quantitative estimate of drug-likeness (QED) is 0.915. The maximum atomic E-state index is 12.1. The van der Waals surface area contributed by atoms with Gasteiger partial charge in [0.2, 0.25) is 5.91 Å². The third-order valence-electron chi connectivity index (χ3n) is 4.13. The number of likely N-dealkylation sites (N-methyl/N-ethyl adjacent to an activating group) is 1. The second-order valence-corrected chi connectivity index (χ2v) is 6.16. The fourth-order valence-corrected chi connectivity index (χ4v) is 2.87. The normalized spacial score (nSPS) is 16.0. The van der Waals surface area contributed by atoms with Crippen LogP contribution in [0.2, 0.25) is 0 Å². The molecule has 0 atom stereocenters. The fourth-order valence-electron chi connectivity index (χ4n) is 2.87. The van der Waals surface area contributed by atoms with Crippen LogP contribution in [0.3, 0.4) is 0 Å². The van der Waals surface area contributed by atoms with Crippen LogP contribution < -0.4 is 0 Å². The van der Waals surface area contributed by atoms with Crippen LogP contribution in [0.4, 0.5) is 0 Å². The van der Waals surface area contributed by atoms with Crippen molar-refractivity contribution in [3.05, 3.63) is 30.5 Å². The molecule has 0 aliphatic carbocycles. The summed E-state index contributed by atoms with van der Waals surface area (Å²) in [4.78, 5) is 32.1. The van der Waals surface area contributed by atoms with E-state index in [1.807, 2.05) is 30.1 Å². The lowest BCUT2D eigenvalue weighted by Gasteiger charge is -2.32. The van der Waals surface area contributed by atoms with Gasteiger partial charge in [0.25, 0.3) is 0 Å². The lowest BCUT2D eigenvalue weighted by atomic mass is 9.93. The highest BCUT2D eigenvalue weighted by Gasteiger charge is 2.25. The number of hydrogen-bond acceptors (Lipinski definition) is 5. The van der Waals surface area contributed by atoms with Crippen LogP contribution in [0, 0.1) is 0 Å². The average Bonchev–Trinajstić information content (AvgIpc) is 3.09. The molecule has 3 rings (SSSR count). The lowest BCUT2D eigenvalue weighted by Crippen LogP contribution is -2.42. The van der Waals surface area contributed by atoms with Gasteiger partial charge in [0.05, 0.1) is 18.4 Å². The van der Waals surface area contributed by atoms with Gasteiger partial charge in [-0.05, 0) is 26.9 Å². The Kier molecular flexibility index (Phi) is 4.66. The van der Waals surface area contributed by atoms with E-state index in [0.717, 1.165) is 43.1 Å².